The van der Waals surface area contributed by atoms with Crippen LogP contribution in [0, 0.1) is 0 Å². The first-order valence-corrected chi connectivity index (χ1v) is 8.45. The SMILES string of the molecule is CCC1CCCN1S(=O)(=O)Cc1ccccc1CN. The van der Waals surface area contributed by atoms with Crippen LogP contribution in [0.25, 0.3) is 0 Å². The number of nitrogens with zero attached hydrogens (tertiary/aromatic N) is 1. The van der Waals surface area contributed by atoms with E-state index in [9.17, 15) is 8.42 Å². The van der Waals surface area contributed by atoms with Gasteiger partial charge in [0.15, 0.2) is 0 Å². The number of nitrogens with two attached hydrogens (primary N) is 1. The molecule has 2 N–H and O–H groups in total. The van der Waals surface area contributed by atoms with Crippen LogP contribution in [0.2, 0.25) is 0 Å². The van der Waals surface area contributed by atoms with Crippen LogP contribution in [0.1, 0.15) is 37.3 Å². The van der Waals surface area contributed by atoms with Gasteiger partial charge in [0.1, 0.15) is 0 Å². The van der Waals surface area contributed by atoms with Gasteiger partial charge in [0, 0.05) is 19.1 Å². The lowest BCUT2D eigenvalue weighted by atomic mass is 10.1. The number of benzene rings is 1. The molecular formula is C14H22N2O2S. The fourth-order valence-electron chi connectivity index (χ4n) is 2.76. The summed E-state index contributed by atoms with van der Waals surface area (Å²) in [4.78, 5) is 0. The number of rotatable bonds is 5. The quantitative estimate of drug-likeness (QED) is 0.896. The van der Waals surface area contributed by atoms with Crippen LogP contribution in [0.4, 0.5) is 0 Å². The molecular weight excluding hydrogens is 260 g/mol. The first-order valence-electron chi connectivity index (χ1n) is 6.85. The van der Waals surface area contributed by atoms with E-state index in [1.807, 2.05) is 31.2 Å². The smallest absolute Gasteiger partial charge is 0.218 e. The zero-order valence-electron chi connectivity index (χ0n) is 11.4. The molecule has 2 rings (SSSR count). The summed E-state index contributed by atoms with van der Waals surface area (Å²) < 4.78 is 26.7. The topological polar surface area (TPSA) is 63.4 Å². The minimum atomic E-state index is -3.23. The molecule has 1 saturated heterocycles. The highest BCUT2D eigenvalue weighted by Gasteiger charge is 2.33. The summed E-state index contributed by atoms with van der Waals surface area (Å²) in [7, 11) is -3.23. The maximum atomic E-state index is 12.5. The average molecular weight is 282 g/mol. The maximum Gasteiger partial charge on any atom is 0.218 e. The van der Waals surface area contributed by atoms with Gasteiger partial charge in [-0.25, -0.2) is 8.42 Å². The molecule has 0 saturated carbocycles. The van der Waals surface area contributed by atoms with Gasteiger partial charge in [0.05, 0.1) is 5.75 Å². The molecule has 1 atom stereocenters. The van der Waals surface area contributed by atoms with Crippen molar-refractivity contribution in [2.24, 2.45) is 5.73 Å². The van der Waals surface area contributed by atoms with Crippen molar-refractivity contribution >= 4 is 10.0 Å². The summed E-state index contributed by atoms with van der Waals surface area (Å²) in [6, 6.07) is 7.69. The molecule has 0 bridgehead atoms. The van der Waals surface area contributed by atoms with E-state index in [2.05, 4.69) is 0 Å². The molecule has 106 valence electrons. The second-order valence-corrected chi connectivity index (χ2v) is 6.97. The van der Waals surface area contributed by atoms with Gasteiger partial charge >= 0.3 is 0 Å². The highest BCUT2D eigenvalue weighted by atomic mass is 32.2. The van der Waals surface area contributed by atoms with Crippen molar-refractivity contribution in [2.45, 2.75) is 44.5 Å². The van der Waals surface area contributed by atoms with E-state index in [4.69, 9.17) is 5.73 Å². The van der Waals surface area contributed by atoms with Crippen LogP contribution >= 0.6 is 0 Å². The molecule has 4 nitrogen and oxygen atoms in total. The van der Waals surface area contributed by atoms with Gasteiger partial charge in [-0.05, 0) is 30.4 Å². The van der Waals surface area contributed by atoms with Gasteiger partial charge in [-0.3, -0.25) is 0 Å². The Kier molecular flexibility index (Phi) is 4.60. The van der Waals surface area contributed by atoms with E-state index in [1.165, 1.54) is 0 Å². The van der Waals surface area contributed by atoms with Crippen molar-refractivity contribution in [3.63, 3.8) is 0 Å². The van der Waals surface area contributed by atoms with E-state index >= 15 is 0 Å². The minimum absolute atomic E-state index is 0.0663. The summed E-state index contributed by atoms with van der Waals surface area (Å²) in [5.41, 5.74) is 7.41. The third kappa shape index (κ3) is 3.16. The van der Waals surface area contributed by atoms with Gasteiger partial charge in [0.25, 0.3) is 0 Å². The lowest BCUT2D eigenvalue weighted by Crippen LogP contribution is -2.36. The third-order valence-electron chi connectivity index (χ3n) is 3.83. The monoisotopic (exact) mass is 282 g/mol. The van der Waals surface area contributed by atoms with Crippen molar-refractivity contribution in [3.8, 4) is 0 Å². The molecule has 0 radical (unpaired) electrons. The summed E-state index contributed by atoms with van der Waals surface area (Å²) in [6.45, 7) is 3.08. The standard InChI is InChI=1S/C14H22N2O2S/c1-2-14-8-5-9-16(14)19(17,18)11-13-7-4-3-6-12(13)10-15/h3-4,6-7,14H,2,5,8-11,15H2,1H3. The number of hydrogen-bond acceptors (Lipinski definition) is 3. The van der Waals surface area contributed by atoms with E-state index in [0.29, 0.717) is 13.1 Å². The normalized spacial score (nSPS) is 20.8. The molecule has 1 aromatic carbocycles. The molecule has 1 aromatic rings. The van der Waals surface area contributed by atoms with Gasteiger partial charge in [-0.15, -0.1) is 0 Å². The largest absolute Gasteiger partial charge is 0.326 e. The molecule has 0 amide bonds. The van der Waals surface area contributed by atoms with Gasteiger partial charge in [-0.2, -0.15) is 4.31 Å². The Morgan fingerprint density at radius 2 is 2.00 bits per heavy atom. The number of hydrogen-bond donors (Lipinski definition) is 1. The van der Waals surface area contributed by atoms with Crippen molar-refractivity contribution in [1.82, 2.24) is 4.31 Å². The lowest BCUT2D eigenvalue weighted by molar-refractivity contribution is 0.379. The highest BCUT2D eigenvalue weighted by Crippen LogP contribution is 2.26. The molecule has 0 spiro atoms. The van der Waals surface area contributed by atoms with Crippen LogP contribution in [0.3, 0.4) is 0 Å². The van der Waals surface area contributed by atoms with E-state index < -0.39 is 10.0 Å². The maximum absolute atomic E-state index is 12.5. The van der Waals surface area contributed by atoms with Crippen LogP contribution in [0.15, 0.2) is 24.3 Å². The molecule has 0 aromatic heterocycles. The Hall–Kier alpha value is -0.910. The second kappa shape index (κ2) is 6.03. The summed E-state index contributed by atoms with van der Waals surface area (Å²) in [6.07, 6.45) is 2.84. The molecule has 5 heteroatoms. The Morgan fingerprint density at radius 1 is 1.32 bits per heavy atom. The van der Waals surface area contributed by atoms with Gasteiger partial charge in [-0.1, -0.05) is 31.2 Å². The van der Waals surface area contributed by atoms with Crippen molar-refractivity contribution in [1.29, 1.82) is 0 Å². The first-order chi connectivity index (χ1) is 9.08. The Morgan fingerprint density at radius 3 is 2.63 bits per heavy atom. The molecule has 1 aliphatic rings. The van der Waals surface area contributed by atoms with Gasteiger partial charge < -0.3 is 5.73 Å². The molecule has 1 aliphatic heterocycles. The minimum Gasteiger partial charge on any atom is -0.326 e. The molecule has 1 fully saturated rings. The summed E-state index contributed by atoms with van der Waals surface area (Å²) in [5, 5.41) is 0. The van der Waals surface area contributed by atoms with Gasteiger partial charge in [0.2, 0.25) is 10.0 Å². The predicted octanol–water partition coefficient (Wildman–Crippen LogP) is 1.85. The zero-order chi connectivity index (χ0) is 13.9. The number of sulfonamides is 1. The van der Waals surface area contributed by atoms with Crippen molar-refractivity contribution < 1.29 is 8.42 Å². The zero-order valence-corrected chi connectivity index (χ0v) is 12.2. The lowest BCUT2D eigenvalue weighted by Gasteiger charge is -2.23. The molecule has 1 heterocycles. The van der Waals surface area contributed by atoms with E-state index in [1.54, 1.807) is 4.31 Å². The van der Waals surface area contributed by atoms with Crippen LogP contribution < -0.4 is 5.73 Å². The molecule has 0 aliphatic carbocycles. The van der Waals surface area contributed by atoms with Crippen LogP contribution in [-0.2, 0) is 22.3 Å². The Bertz CT molecular complexity index is 528. The second-order valence-electron chi connectivity index (χ2n) is 5.04. The van der Waals surface area contributed by atoms with Crippen LogP contribution in [0.5, 0.6) is 0 Å². The predicted molar refractivity (Wildman–Crippen MR) is 77.0 cm³/mol. The molecule has 1 unspecified atom stereocenters. The Labute approximate surface area is 115 Å². The average Bonchev–Trinajstić information content (AvgIpc) is 2.88. The van der Waals surface area contributed by atoms with Crippen molar-refractivity contribution in [3.05, 3.63) is 35.4 Å². The van der Waals surface area contributed by atoms with E-state index in [-0.39, 0.29) is 11.8 Å². The Balaban J connectivity index is 2.21. The fraction of sp³-hybridized carbons (Fsp3) is 0.571. The molecule has 19 heavy (non-hydrogen) atoms. The van der Waals surface area contributed by atoms with E-state index in [0.717, 1.165) is 30.4 Å². The third-order valence-corrected chi connectivity index (χ3v) is 5.70. The van der Waals surface area contributed by atoms with Crippen LogP contribution in [-0.4, -0.2) is 25.3 Å². The summed E-state index contributed by atoms with van der Waals surface area (Å²) >= 11 is 0. The summed E-state index contributed by atoms with van der Waals surface area (Å²) in [5.74, 6) is 0.0663. The van der Waals surface area contributed by atoms with Crippen molar-refractivity contribution in [2.75, 3.05) is 6.54 Å². The highest BCUT2D eigenvalue weighted by molar-refractivity contribution is 7.88. The fourth-order valence-corrected chi connectivity index (χ4v) is 4.72. The first kappa shape index (κ1) is 14.5.